The number of rotatable bonds is 3. The highest BCUT2D eigenvalue weighted by Gasteiger charge is 1.90. The molecule has 1 N–H and O–H groups in total. The van der Waals surface area contributed by atoms with Crippen LogP contribution in [-0.2, 0) is 4.79 Å². The largest absolute Gasteiger partial charge is 0.478 e. The summed E-state index contributed by atoms with van der Waals surface area (Å²) in [6.45, 7) is 7.19. The minimum Gasteiger partial charge on any atom is -0.478 e. The van der Waals surface area contributed by atoms with Gasteiger partial charge in [-0.15, -0.1) is 0 Å². The zero-order valence-corrected chi connectivity index (χ0v) is 7.32. The third kappa shape index (κ3) is 15.8. The molecule has 0 aromatic heterocycles. The number of azide groups is 1. The molecule has 12 heavy (non-hydrogen) atoms. The van der Waals surface area contributed by atoms with E-state index in [-0.39, 0.29) is 5.57 Å². The van der Waals surface area contributed by atoms with Crippen molar-refractivity contribution in [2.45, 2.75) is 20.3 Å². The maximum Gasteiger partial charge on any atom is 0.330 e. The summed E-state index contributed by atoms with van der Waals surface area (Å²) in [6, 6.07) is 0. The number of aliphatic carboxylic acids is 1. The van der Waals surface area contributed by atoms with Crippen molar-refractivity contribution in [2.24, 2.45) is 5.11 Å². The topological polar surface area (TPSA) is 86.1 Å². The molecule has 0 aliphatic carbocycles. The van der Waals surface area contributed by atoms with Crippen molar-refractivity contribution >= 4 is 5.97 Å². The van der Waals surface area contributed by atoms with Gasteiger partial charge in [0.25, 0.3) is 0 Å². The fourth-order valence-electron chi connectivity index (χ4n) is 0.145. The molecular weight excluding hydrogens is 158 g/mol. The van der Waals surface area contributed by atoms with Crippen molar-refractivity contribution in [2.75, 3.05) is 6.54 Å². The van der Waals surface area contributed by atoms with E-state index in [1.54, 1.807) is 0 Å². The first-order valence-electron chi connectivity index (χ1n) is 3.45. The maximum atomic E-state index is 9.60. The lowest BCUT2D eigenvalue weighted by atomic mass is 10.4. The van der Waals surface area contributed by atoms with Crippen LogP contribution in [0.4, 0.5) is 0 Å². The van der Waals surface area contributed by atoms with Gasteiger partial charge in [-0.05, 0) is 12.5 Å². The molecule has 0 saturated heterocycles. The number of hydrogen-bond donors (Lipinski definition) is 1. The molecule has 5 nitrogen and oxygen atoms in total. The second-order valence-corrected chi connectivity index (χ2v) is 2.04. The van der Waals surface area contributed by atoms with Gasteiger partial charge in [0, 0.05) is 17.0 Å². The van der Waals surface area contributed by atoms with Crippen molar-refractivity contribution in [3.63, 3.8) is 0 Å². The molecule has 0 aliphatic rings. The van der Waals surface area contributed by atoms with Gasteiger partial charge in [0.15, 0.2) is 0 Å². The lowest BCUT2D eigenvalue weighted by Gasteiger charge is -1.79. The Bertz CT molecular complexity index is 183. The molecule has 5 heteroatoms. The Morgan fingerprint density at radius 1 is 1.75 bits per heavy atom. The molecule has 0 atom stereocenters. The maximum absolute atomic E-state index is 9.60. The highest BCUT2D eigenvalue weighted by atomic mass is 16.4. The van der Waals surface area contributed by atoms with Gasteiger partial charge in [-0.25, -0.2) is 4.79 Å². The Morgan fingerprint density at radius 3 is 2.25 bits per heavy atom. The van der Waals surface area contributed by atoms with Crippen molar-refractivity contribution in [3.8, 4) is 0 Å². The molecule has 0 amide bonds. The fraction of sp³-hybridized carbons (Fsp3) is 0.571. The summed E-state index contributed by atoms with van der Waals surface area (Å²) in [5.41, 5.74) is 7.83. The van der Waals surface area contributed by atoms with E-state index in [1.165, 1.54) is 6.92 Å². The van der Waals surface area contributed by atoms with Crippen LogP contribution in [0.3, 0.4) is 0 Å². The third-order valence-electron chi connectivity index (χ3n) is 0.752. The predicted octanol–water partition coefficient (Wildman–Crippen LogP) is 2.35. The molecule has 0 aromatic rings. The summed E-state index contributed by atoms with van der Waals surface area (Å²) in [7, 11) is 0. The summed E-state index contributed by atoms with van der Waals surface area (Å²) < 4.78 is 0. The van der Waals surface area contributed by atoms with E-state index < -0.39 is 5.97 Å². The van der Waals surface area contributed by atoms with Crippen LogP contribution in [-0.4, -0.2) is 17.6 Å². The molecule has 0 rings (SSSR count). The monoisotopic (exact) mass is 171 g/mol. The number of hydrogen-bond acceptors (Lipinski definition) is 2. The summed E-state index contributed by atoms with van der Waals surface area (Å²) in [6.07, 6.45) is 0.935. The number of carbonyl (C=O) groups is 1. The average Bonchev–Trinajstić information content (AvgIpc) is 2.02. The number of carboxylic acid groups (broad SMARTS) is 1. The van der Waals surface area contributed by atoms with E-state index in [0.29, 0.717) is 6.54 Å². The van der Waals surface area contributed by atoms with Crippen molar-refractivity contribution in [1.29, 1.82) is 0 Å². The van der Waals surface area contributed by atoms with E-state index in [2.05, 4.69) is 16.6 Å². The van der Waals surface area contributed by atoms with Crippen LogP contribution in [0, 0.1) is 0 Å². The Kier molecular flexibility index (Phi) is 10.4. The summed E-state index contributed by atoms with van der Waals surface area (Å²) in [5.74, 6) is -0.935. The second kappa shape index (κ2) is 9.52. The number of carboxylic acids is 1. The standard InChI is InChI=1S/C4H6O2.C3H7N3/c1-3(2)4(5)6;1-2-3-5-6-4/h1H2,2H3,(H,5,6);2-3H2,1H3. The van der Waals surface area contributed by atoms with Crippen LogP contribution < -0.4 is 0 Å². The van der Waals surface area contributed by atoms with Crippen molar-refractivity contribution in [3.05, 3.63) is 22.6 Å². The van der Waals surface area contributed by atoms with Crippen molar-refractivity contribution in [1.82, 2.24) is 0 Å². The lowest BCUT2D eigenvalue weighted by Crippen LogP contribution is -1.92. The number of nitrogens with zero attached hydrogens (tertiary/aromatic N) is 3. The SMILES string of the molecule is C=C(C)C(=O)O.CCCN=[N+]=[N-]. The fourth-order valence-corrected chi connectivity index (χ4v) is 0.145. The van der Waals surface area contributed by atoms with Crippen LogP contribution in [0.15, 0.2) is 17.3 Å². The molecule has 0 heterocycles. The van der Waals surface area contributed by atoms with Crippen LogP contribution >= 0.6 is 0 Å². The van der Waals surface area contributed by atoms with Crippen LogP contribution in [0.5, 0.6) is 0 Å². The summed E-state index contributed by atoms with van der Waals surface area (Å²) >= 11 is 0. The normalized spacial score (nSPS) is 7.17. The Hall–Kier alpha value is -1.48. The van der Waals surface area contributed by atoms with Gasteiger partial charge in [0.05, 0.1) is 0 Å². The van der Waals surface area contributed by atoms with Gasteiger partial charge in [-0.3, -0.25) is 0 Å². The molecule has 0 bridgehead atoms. The van der Waals surface area contributed by atoms with E-state index in [4.69, 9.17) is 10.6 Å². The first-order valence-corrected chi connectivity index (χ1v) is 3.45. The van der Waals surface area contributed by atoms with Gasteiger partial charge < -0.3 is 5.11 Å². The van der Waals surface area contributed by atoms with E-state index in [9.17, 15) is 4.79 Å². The molecule has 0 aromatic carbocycles. The van der Waals surface area contributed by atoms with Crippen LogP contribution in [0.2, 0.25) is 0 Å². The third-order valence-corrected chi connectivity index (χ3v) is 0.752. The average molecular weight is 171 g/mol. The zero-order chi connectivity index (χ0) is 9.98. The van der Waals surface area contributed by atoms with E-state index in [0.717, 1.165) is 6.42 Å². The predicted molar refractivity (Wildman–Crippen MR) is 46.8 cm³/mol. The molecule has 0 aliphatic heterocycles. The molecule has 68 valence electrons. The molecule has 0 spiro atoms. The van der Waals surface area contributed by atoms with Gasteiger partial charge in [0.1, 0.15) is 0 Å². The van der Waals surface area contributed by atoms with Gasteiger partial charge in [0.2, 0.25) is 0 Å². The first-order chi connectivity index (χ1) is 5.56. The van der Waals surface area contributed by atoms with Gasteiger partial charge in [-0.2, -0.15) is 0 Å². The zero-order valence-electron chi connectivity index (χ0n) is 7.32. The highest BCUT2D eigenvalue weighted by molar-refractivity contribution is 5.84. The van der Waals surface area contributed by atoms with Gasteiger partial charge in [-0.1, -0.05) is 25.0 Å². The highest BCUT2D eigenvalue weighted by Crippen LogP contribution is 1.81. The molecule has 0 fully saturated rings. The van der Waals surface area contributed by atoms with Gasteiger partial charge >= 0.3 is 5.97 Å². The molecular formula is C7H13N3O2. The summed E-state index contributed by atoms with van der Waals surface area (Å²) in [4.78, 5) is 12.1. The lowest BCUT2D eigenvalue weighted by molar-refractivity contribution is -0.132. The molecule has 0 saturated carbocycles. The second-order valence-electron chi connectivity index (χ2n) is 2.04. The minimum absolute atomic E-state index is 0.176. The molecule has 0 radical (unpaired) electrons. The van der Waals surface area contributed by atoms with E-state index in [1.807, 2.05) is 6.92 Å². The quantitative estimate of drug-likeness (QED) is 0.306. The smallest absolute Gasteiger partial charge is 0.330 e. The van der Waals surface area contributed by atoms with Crippen molar-refractivity contribution < 1.29 is 9.90 Å². The summed E-state index contributed by atoms with van der Waals surface area (Å²) in [5, 5.41) is 11.2. The van der Waals surface area contributed by atoms with Crippen LogP contribution in [0.1, 0.15) is 20.3 Å². The van der Waals surface area contributed by atoms with E-state index >= 15 is 0 Å². The van der Waals surface area contributed by atoms with Crippen LogP contribution in [0.25, 0.3) is 10.4 Å². The first kappa shape index (κ1) is 13.1. The minimum atomic E-state index is -0.935. The Balaban J connectivity index is 0. The Labute approximate surface area is 71.3 Å². The Morgan fingerprint density at radius 2 is 2.17 bits per heavy atom. The molecule has 0 unspecified atom stereocenters.